The second kappa shape index (κ2) is 10.0. The van der Waals surface area contributed by atoms with E-state index in [9.17, 15) is 18.7 Å². The standard InChI is InChI=1S/C28H34F2N4O3/c1-32(2)15-25(36)33-10-8-28(9-11-33)17-34(14-18-12-19(29)4-7-22(18)30)24(16-35)27-26(28)21-6-5-20(37-3)13-23(21)31-27/h4-7,12-13,24,31,35H,8-11,14-17H2,1-3H3/t24-/m1/s1. The van der Waals surface area contributed by atoms with Crippen LogP contribution in [0.5, 0.6) is 5.75 Å². The van der Waals surface area contributed by atoms with Gasteiger partial charge < -0.3 is 24.6 Å². The van der Waals surface area contributed by atoms with Crippen molar-refractivity contribution in [2.75, 3.05) is 54.0 Å². The number of ether oxygens (including phenoxy) is 1. The quantitative estimate of drug-likeness (QED) is 0.530. The molecule has 9 heteroatoms. The highest BCUT2D eigenvalue weighted by molar-refractivity contribution is 5.88. The number of H-pyrrole nitrogens is 1. The van der Waals surface area contributed by atoms with Gasteiger partial charge in [-0.15, -0.1) is 0 Å². The van der Waals surface area contributed by atoms with Crippen molar-refractivity contribution in [3.63, 3.8) is 0 Å². The molecule has 3 aromatic rings. The van der Waals surface area contributed by atoms with Crippen LogP contribution in [0.25, 0.3) is 10.9 Å². The van der Waals surface area contributed by atoms with E-state index < -0.39 is 17.7 Å². The van der Waals surface area contributed by atoms with E-state index in [2.05, 4.69) is 4.98 Å². The Kier molecular flexibility index (Phi) is 6.95. The summed E-state index contributed by atoms with van der Waals surface area (Å²) in [5, 5.41) is 11.6. The normalized spacial score (nSPS) is 19.5. The topological polar surface area (TPSA) is 72.0 Å². The van der Waals surface area contributed by atoms with Crippen LogP contribution in [0.4, 0.5) is 8.78 Å². The van der Waals surface area contributed by atoms with Crippen molar-refractivity contribution in [3.8, 4) is 5.75 Å². The molecule has 1 amide bonds. The number of methoxy groups -OCH3 is 1. The van der Waals surface area contributed by atoms with Crippen LogP contribution in [0.15, 0.2) is 36.4 Å². The number of hydrogen-bond acceptors (Lipinski definition) is 5. The average Bonchev–Trinajstić information content (AvgIpc) is 3.26. The number of likely N-dealkylation sites (tertiary alicyclic amines) is 1. The number of carbonyl (C=O) groups is 1. The van der Waals surface area contributed by atoms with Crippen LogP contribution in [0.3, 0.4) is 0 Å². The number of nitrogens with zero attached hydrogens (tertiary/aromatic N) is 3. The number of piperidine rings is 1. The smallest absolute Gasteiger partial charge is 0.236 e. The van der Waals surface area contributed by atoms with E-state index >= 15 is 0 Å². The number of aromatic amines is 1. The van der Waals surface area contributed by atoms with E-state index in [1.54, 1.807) is 7.11 Å². The van der Waals surface area contributed by atoms with Gasteiger partial charge in [0.25, 0.3) is 0 Å². The molecule has 0 unspecified atom stereocenters. The summed E-state index contributed by atoms with van der Waals surface area (Å²) in [6.07, 6.45) is 1.47. The lowest BCUT2D eigenvalue weighted by Gasteiger charge is -2.50. The van der Waals surface area contributed by atoms with Gasteiger partial charge in [0.05, 0.1) is 26.3 Å². The Morgan fingerprint density at radius 3 is 2.62 bits per heavy atom. The summed E-state index contributed by atoms with van der Waals surface area (Å²) in [5.41, 5.74) is 2.90. The molecule has 1 fully saturated rings. The Bertz CT molecular complexity index is 1300. The fourth-order valence-electron chi connectivity index (χ4n) is 6.13. The lowest BCUT2D eigenvalue weighted by Crippen LogP contribution is -2.55. The number of benzene rings is 2. The van der Waals surface area contributed by atoms with E-state index in [-0.39, 0.29) is 30.0 Å². The summed E-state index contributed by atoms with van der Waals surface area (Å²) in [6, 6.07) is 9.01. The number of aromatic nitrogens is 1. The van der Waals surface area contributed by atoms with Crippen molar-refractivity contribution in [2.45, 2.75) is 30.8 Å². The fraction of sp³-hybridized carbons (Fsp3) is 0.464. The molecular formula is C28H34F2N4O3. The number of nitrogens with one attached hydrogen (secondary N) is 1. The first-order valence-corrected chi connectivity index (χ1v) is 12.7. The first kappa shape index (κ1) is 25.6. The molecule has 2 aliphatic heterocycles. The minimum absolute atomic E-state index is 0.103. The van der Waals surface area contributed by atoms with Crippen LogP contribution < -0.4 is 4.74 Å². The van der Waals surface area contributed by atoms with Gasteiger partial charge in [0.15, 0.2) is 0 Å². The third-order valence-electron chi connectivity index (χ3n) is 7.92. The molecular weight excluding hydrogens is 478 g/mol. The number of hydrogen-bond donors (Lipinski definition) is 2. The molecule has 1 saturated heterocycles. The predicted octanol–water partition coefficient (Wildman–Crippen LogP) is 3.43. The Morgan fingerprint density at radius 2 is 1.95 bits per heavy atom. The zero-order chi connectivity index (χ0) is 26.3. The Balaban J connectivity index is 1.56. The lowest BCUT2D eigenvalue weighted by molar-refractivity contribution is -0.133. The third kappa shape index (κ3) is 4.71. The summed E-state index contributed by atoms with van der Waals surface area (Å²) < 4.78 is 34.1. The molecule has 1 atom stereocenters. The molecule has 5 rings (SSSR count). The van der Waals surface area contributed by atoms with Crippen molar-refractivity contribution in [2.24, 2.45) is 0 Å². The van der Waals surface area contributed by atoms with Gasteiger partial charge in [-0.2, -0.15) is 0 Å². The molecule has 0 aliphatic carbocycles. The highest BCUT2D eigenvalue weighted by Gasteiger charge is 2.47. The van der Waals surface area contributed by atoms with Crippen LogP contribution in [0.2, 0.25) is 0 Å². The minimum Gasteiger partial charge on any atom is -0.497 e. The summed E-state index contributed by atoms with van der Waals surface area (Å²) in [4.78, 5) is 22.1. The zero-order valence-corrected chi connectivity index (χ0v) is 21.6. The molecule has 7 nitrogen and oxygen atoms in total. The van der Waals surface area contributed by atoms with E-state index in [1.165, 1.54) is 6.07 Å². The molecule has 198 valence electrons. The lowest BCUT2D eigenvalue weighted by atomic mass is 9.68. The van der Waals surface area contributed by atoms with E-state index in [0.717, 1.165) is 52.9 Å². The summed E-state index contributed by atoms with van der Waals surface area (Å²) in [6.45, 7) is 2.15. The Morgan fingerprint density at radius 1 is 1.19 bits per heavy atom. The summed E-state index contributed by atoms with van der Waals surface area (Å²) >= 11 is 0. The number of likely N-dealkylation sites (N-methyl/N-ethyl adjacent to an activating group) is 1. The second-order valence-electron chi connectivity index (χ2n) is 10.6. The van der Waals surface area contributed by atoms with Gasteiger partial charge in [-0.3, -0.25) is 9.69 Å². The molecule has 0 radical (unpaired) electrons. The van der Waals surface area contributed by atoms with Gasteiger partial charge in [-0.05, 0) is 62.8 Å². The summed E-state index contributed by atoms with van der Waals surface area (Å²) in [5.74, 6) is -0.131. The predicted molar refractivity (Wildman–Crippen MR) is 137 cm³/mol. The average molecular weight is 513 g/mol. The number of aliphatic hydroxyl groups excluding tert-OH is 1. The van der Waals surface area contributed by atoms with Crippen LogP contribution in [0, 0.1) is 11.6 Å². The molecule has 2 aliphatic rings. The maximum absolute atomic E-state index is 14.7. The maximum Gasteiger partial charge on any atom is 0.236 e. The van der Waals surface area contributed by atoms with Crippen molar-refractivity contribution >= 4 is 16.8 Å². The van der Waals surface area contributed by atoms with Crippen molar-refractivity contribution < 1.29 is 23.4 Å². The van der Waals surface area contributed by atoms with Gasteiger partial charge in [0.2, 0.25) is 5.91 Å². The molecule has 37 heavy (non-hydrogen) atoms. The highest BCUT2D eigenvalue weighted by atomic mass is 19.1. The molecule has 1 spiro atoms. The van der Waals surface area contributed by atoms with Crippen LogP contribution >= 0.6 is 0 Å². The minimum atomic E-state index is -0.491. The van der Waals surface area contributed by atoms with Crippen LogP contribution in [-0.2, 0) is 16.8 Å². The number of carbonyl (C=O) groups excluding carboxylic acids is 1. The highest BCUT2D eigenvalue weighted by Crippen LogP contribution is 2.49. The molecule has 1 aromatic heterocycles. The van der Waals surface area contributed by atoms with Gasteiger partial charge in [0.1, 0.15) is 17.4 Å². The van der Waals surface area contributed by atoms with Crippen LogP contribution in [-0.4, -0.2) is 84.7 Å². The number of amides is 1. The largest absolute Gasteiger partial charge is 0.497 e. The van der Waals surface area contributed by atoms with Gasteiger partial charge >= 0.3 is 0 Å². The first-order valence-electron chi connectivity index (χ1n) is 12.7. The van der Waals surface area contributed by atoms with Gasteiger partial charge in [-0.1, -0.05) is 0 Å². The van der Waals surface area contributed by atoms with E-state index in [4.69, 9.17) is 4.74 Å². The Hall–Kier alpha value is -3.01. The second-order valence-corrected chi connectivity index (χ2v) is 10.6. The zero-order valence-electron chi connectivity index (χ0n) is 21.6. The van der Waals surface area contributed by atoms with E-state index in [0.29, 0.717) is 26.2 Å². The van der Waals surface area contributed by atoms with Gasteiger partial charge in [-0.25, -0.2) is 8.78 Å². The number of fused-ring (bicyclic) bond motifs is 4. The first-order chi connectivity index (χ1) is 17.7. The third-order valence-corrected chi connectivity index (χ3v) is 7.92. The van der Waals surface area contributed by atoms with Crippen molar-refractivity contribution in [1.29, 1.82) is 0 Å². The Labute approximate surface area is 215 Å². The SMILES string of the molecule is COc1ccc2c3c([nH]c2c1)[C@@H](CO)N(Cc1cc(F)ccc1F)CC31CCN(C(=O)CN(C)C)CC1. The van der Waals surface area contributed by atoms with Crippen molar-refractivity contribution in [3.05, 3.63) is 64.9 Å². The molecule has 2 aromatic carbocycles. The molecule has 0 saturated carbocycles. The maximum atomic E-state index is 14.7. The molecule has 0 bridgehead atoms. The van der Waals surface area contributed by atoms with E-state index in [1.807, 2.05) is 47.0 Å². The van der Waals surface area contributed by atoms with Crippen LogP contribution in [0.1, 0.15) is 35.7 Å². The number of rotatable bonds is 6. The number of aliphatic hydroxyl groups is 1. The summed E-state index contributed by atoms with van der Waals surface area (Å²) in [7, 11) is 5.39. The number of halogens is 2. The van der Waals surface area contributed by atoms with Gasteiger partial charge in [0, 0.05) is 59.8 Å². The monoisotopic (exact) mass is 512 g/mol. The molecule has 2 N–H and O–H groups in total. The van der Waals surface area contributed by atoms with Crippen molar-refractivity contribution in [1.82, 2.24) is 19.7 Å². The fourth-order valence-corrected chi connectivity index (χ4v) is 6.13. The molecule has 3 heterocycles.